The molecule has 0 atom stereocenters. The van der Waals surface area contributed by atoms with Gasteiger partial charge in [-0.15, -0.1) is 0 Å². The zero-order valence-electron chi connectivity index (χ0n) is 9.18. The van der Waals surface area contributed by atoms with Crippen molar-refractivity contribution >= 4 is 34.2 Å². The molecule has 0 unspecified atom stereocenters. The number of carboxylic acids is 1. The average Bonchev–Trinajstić information content (AvgIpc) is 2.34. The first-order valence-corrected chi connectivity index (χ1v) is 5.50. The maximum absolute atomic E-state index is 11.8. The quantitative estimate of drug-likeness (QED) is 0.884. The number of rotatable bonds is 3. The first-order chi connectivity index (χ1) is 8.58. The zero-order chi connectivity index (χ0) is 13.1. The lowest BCUT2D eigenvalue weighted by Crippen LogP contribution is -2.30. The van der Waals surface area contributed by atoms with Crippen molar-refractivity contribution in [1.82, 2.24) is 10.3 Å². The summed E-state index contributed by atoms with van der Waals surface area (Å²) < 4.78 is 0. The summed E-state index contributed by atoms with van der Waals surface area (Å²) in [6, 6.07) is 6.78. The van der Waals surface area contributed by atoms with Crippen LogP contribution in [0.2, 0.25) is 5.02 Å². The third kappa shape index (κ3) is 2.57. The van der Waals surface area contributed by atoms with E-state index in [0.717, 1.165) is 5.39 Å². The van der Waals surface area contributed by atoms with Gasteiger partial charge in [-0.25, -0.2) is 0 Å². The van der Waals surface area contributed by atoms with Gasteiger partial charge < -0.3 is 10.4 Å². The molecule has 5 nitrogen and oxygen atoms in total. The molecule has 2 rings (SSSR count). The standard InChI is InChI=1S/C12H9ClN2O3/c13-8-1-2-9-7(5-8)3-4-14-11(9)12(18)15-6-10(16)17/h1-5H,6H2,(H,15,18)(H,16,17). The number of benzene rings is 1. The normalized spacial score (nSPS) is 10.3. The van der Waals surface area contributed by atoms with E-state index in [0.29, 0.717) is 10.4 Å². The molecular formula is C12H9ClN2O3. The van der Waals surface area contributed by atoms with Gasteiger partial charge >= 0.3 is 5.97 Å². The third-order valence-corrected chi connectivity index (χ3v) is 2.58. The van der Waals surface area contributed by atoms with E-state index < -0.39 is 18.4 Å². The van der Waals surface area contributed by atoms with Gasteiger partial charge in [-0.1, -0.05) is 17.7 Å². The maximum Gasteiger partial charge on any atom is 0.322 e. The molecule has 0 aliphatic carbocycles. The Hall–Kier alpha value is -2.14. The van der Waals surface area contributed by atoms with E-state index in [1.807, 2.05) is 0 Å². The van der Waals surface area contributed by atoms with Crippen molar-refractivity contribution in [3.63, 3.8) is 0 Å². The Labute approximate surface area is 107 Å². The number of pyridine rings is 1. The predicted molar refractivity (Wildman–Crippen MR) is 66.7 cm³/mol. The second kappa shape index (κ2) is 5.01. The smallest absolute Gasteiger partial charge is 0.322 e. The second-order valence-electron chi connectivity index (χ2n) is 3.60. The monoisotopic (exact) mass is 264 g/mol. The molecule has 1 aromatic carbocycles. The Morgan fingerprint density at radius 2 is 2.11 bits per heavy atom. The highest BCUT2D eigenvalue weighted by Gasteiger charge is 2.12. The fourth-order valence-corrected chi connectivity index (χ4v) is 1.75. The summed E-state index contributed by atoms with van der Waals surface area (Å²) in [7, 11) is 0. The topological polar surface area (TPSA) is 79.3 Å². The second-order valence-corrected chi connectivity index (χ2v) is 4.04. The Bertz CT molecular complexity index is 628. The molecule has 0 bridgehead atoms. The van der Waals surface area contributed by atoms with Crippen LogP contribution in [0.1, 0.15) is 10.5 Å². The number of carbonyl (C=O) groups is 2. The maximum atomic E-state index is 11.8. The van der Waals surface area contributed by atoms with Gasteiger partial charge in [0.2, 0.25) is 0 Å². The van der Waals surface area contributed by atoms with Gasteiger partial charge in [-0.2, -0.15) is 0 Å². The minimum Gasteiger partial charge on any atom is -0.480 e. The number of nitrogens with one attached hydrogen (secondary N) is 1. The van der Waals surface area contributed by atoms with Gasteiger partial charge in [0.1, 0.15) is 12.2 Å². The number of hydrogen-bond acceptors (Lipinski definition) is 3. The highest BCUT2D eigenvalue weighted by atomic mass is 35.5. The van der Waals surface area contributed by atoms with E-state index in [-0.39, 0.29) is 5.69 Å². The predicted octanol–water partition coefficient (Wildman–Crippen LogP) is 1.70. The van der Waals surface area contributed by atoms with Crippen molar-refractivity contribution in [2.45, 2.75) is 0 Å². The summed E-state index contributed by atoms with van der Waals surface area (Å²) in [6.45, 7) is -0.440. The lowest BCUT2D eigenvalue weighted by molar-refractivity contribution is -0.135. The molecule has 6 heteroatoms. The largest absolute Gasteiger partial charge is 0.480 e. The Balaban J connectivity index is 2.38. The molecule has 2 aromatic rings. The number of hydrogen-bond donors (Lipinski definition) is 2. The molecule has 1 amide bonds. The van der Waals surface area contributed by atoms with Crippen LogP contribution in [0.5, 0.6) is 0 Å². The van der Waals surface area contributed by atoms with Crippen molar-refractivity contribution in [3.8, 4) is 0 Å². The number of amides is 1. The summed E-state index contributed by atoms with van der Waals surface area (Å²) in [6.07, 6.45) is 1.48. The van der Waals surface area contributed by atoms with Crippen LogP contribution in [0, 0.1) is 0 Å². The lowest BCUT2D eigenvalue weighted by atomic mass is 10.1. The van der Waals surface area contributed by atoms with E-state index in [9.17, 15) is 9.59 Å². The summed E-state index contributed by atoms with van der Waals surface area (Å²) in [5, 5.41) is 12.7. The fourth-order valence-electron chi connectivity index (χ4n) is 1.57. The first-order valence-electron chi connectivity index (χ1n) is 5.12. The van der Waals surface area contributed by atoms with E-state index in [2.05, 4.69) is 10.3 Å². The minimum atomic E-state index is -1.10. The fraction of sp³-hybridized carbons (Fsp3) is 0.0833. The van der Waals surface area contributed by atoms with Crippen LogP contribution in [-0.2, 0) is 4.79 Å². The van der Waals surface area contributed by atoms with Crippen LogP contribution in [-0.4, -0.2) is 28.5 Å². The van der Waals surface area contributed by atoms with Crippen LogP contribution in [0.25, 0.3) is 10.8 Å². The minimum absolute atomic E-state index is 0.186. The molecule has 18 heavy (non-hydrogen) atoms. The van der Waals surface area contributed by atoms with Crippen molar-refractivity contribution < 1.29 is 14.7 Å². The summed E-state index contributed by atoms with van der Waals surface area (Å²) >= 11 is 5.85. The van der Waals surface area contributed by atoms with Crippen molar-refractivity contribution in [1.29, 1.82) is 0 Å². The van der Waals surface area contributed by atoms with Gasteiger partial charge in [0, 0.05) is 16.6 Å². The number of halogens is 1. The SMILES string of the molecule is O=C(O)CNC(=O)c1nccc2cc(Cl)ccc12. The summed E-state index contributed by atoms with van der Waals surface area (Å²) in [5.74, 6) is -1.63. The molecule has 0 saturated carbocycles. The molecule has 0 fully saturated rings. The van der Waals surface area contributed by atoms with Crippen molar-refractivity contribution in [2.75, 3.05) is 6.54 Å². The van der Waals surface area contributed by atoms with E-state index in [4.69, 9.17) is 16.7 Å². The van der Waals surface area contributed by atoms with Gasteiger partial charge in [0.25, 0.3) is 5.91 Å². The molecule has 92 valence electrons. The average molecular weight is 265 g/mol. The molecule has 0 aliphatic rings. The molecule has 0 saturated heterocycles. The highest BCUT2D eigenvalue weighted by Crippen LogP contribution is 2.21. The van der Waals surface area contributed by atoms with Crippen LogP contribution < -0.4 is 5.32 Å². The molecule has 1 heterocycles. The number of carbonyl (C=O) groups excluding carboxylic acids is 1. The van der Waals surface area contributed by atoms with Crippen molar-refractivity contribution in [3.05, 3.63) is 41.2 Å². The van der Waals surface area contributed by atoms with E-state index in [1.54, 1.807) is 24.3 Å². The van der Waals surface area contributed by atoms with Crippen molar-refractivity contribution in [2.24, 2.45) is 0 Å². The summed E-state index contributed by atoms with van der Waals surface area (Å²) in [4.78, 5) is 26.1. The highest BCUT2D eigenvalue weighted by molar-refractivity contribution is 6.31. The van der Waals surface area contributed by atoms with Gasteiger partial charge in [0.05, 0.1) is 0 Å². The Morgan fingerprint density at radius 1 is 1.33 bits per heavy atom. The Kier molecular flexibility index (Phi) is 3.43. The van der Waals surface area contributed by atoms with Gasteiger partial charge in [-0.05, 0) is 23.6 Å². The third-order valence-electron chi connectivity index (χ3n) is 2.34. The number of aliphatic carboxylic acids is 1. The number of fused-ring (bicyclic) bond motifs is 1. The number of carboxylic acid groups (broad SMARTS) is 1. The van der Waals surface area contributed by atoms with Crippen LogP contribution in [0.15, 0.2) is 30.5 Å². The lowest BCUT2D eigenvalue weighted by Gasteiger charge is -2.05. The molecule has 1 aromatic heterocycles. The molecule has 2 N–H and O–H groups in total. The zero-order valence-corrected chi connectivity index (χ0v) is 9.94. The number of nitrogens with zero attached hydrogens (tertiary/aromatic N) is 1. The molecule has 0 spiro atoms. The Morgan fingerprint density at radius 3 is 2.83 bits per heavy atom. The van der Waals surface area contributed by atoms with E-state index >= 15 is 0 Å². The van der Waals surface area contributed by atoms with Crippen LogP contribution in [0.4, 0.5) is 0 Å². The molecule has 0 radical (unpaired) electrons. The van der Waals surface area contributed by atoms with Gasteiger partial charge in [-0.3, -0.25) is 14.6 Å². The first kappa shape index (κ1) is 12.3. The van der Waals surface area contributed by atoms with E-state index in [1.165, 1.54) is 6.20 Å². The van der Waals surface area contributed by atoms with Crippen LogP contribution in [0.3, 0.4) is 0 Å². The van der Waals surface area contributed by atoms with Gasteiger partial charge in [0.15, 0.2) is 0 Å². The molecule has 0 aliphatic heterocycles. The molecular weight excluding hydrogens is 256 g/mol. The van der Waals surface area contributed by atoms with Crippen LogP contribution >= 0.6 is 11.6 Å². The summed E-state index contributed by atoms with van der Waals surface area (Å²) in [5.41, 5.74) is 0.186. The number of aromatic nitrogens is 1.